The first kappa shape index (κ1) is 12.8. The Bertz CT molecular complexity index is 264. The van der Waals surface area contributed by atoms with Crippen molar-refractivity contribution in [1.29, 1.82) is 0 Å². The van der Waals surface area contributed by atoms with Crippen LogP contribution in [0.5, 0.6) is 0 Å². The maximum atomic E-state index is 10.4. The van der Waals surface area contributed by atoms with E-state index in [4.69, 9.17) is 10.8 Å². The van der Waals surface area contributed by atoms with Gasteiger partial charge in [-0.3, -0.25) is 4.79 Å². The minimum Gasteiger partial charge on any atom is -0.480 e. The van der Waals surface area contributed by atoms with Gasteiger partial charge in [-0.2, -0.15) is 35.9 Å². The summed E-state index contributed by atoms with van der Waals surface area (Å²) in [5.74, 6) is -0.979. The number of carboxylic acid groups (broad SMARTS) is 1. The second-order valence-corrected chi connectivity index (χ2v) is 2.54. The average molecular weight is 253 g/mol. The van der Waals surface area contributed by atoms with Gasteiger partial charge in [-0.15, -0.1) is 0 Å². The molecule has 0 aromatic heterocycles. The molecule has 0 saturated carbocycles. The van der Waals surface area contributed by atoms with E-state index in [1.807, 2.05) is 18.2 Å². The monoisotopic (exact) mass is 253 g/mol. The summed E-state index contributed by atoms with van der Waals surface area (Å²) in [6.07, 6.45) is 0.330. The fourth-order valence-electron chi connectivity index (χ4n) is 0.882. The second-order valence-electron chi connectivity index (χ2n) is 2.54. The van der Waals surface area contributed by atoms with Crippen molar-refractivity contribution in [3.8, 4) is 0 Å². The molecule has 0 aliphatic heterocycles. The number of benzene rings is 1. The number of hydrogen-bond donors (Lipinski definition) is 2. The van der Waals surface area contributed by atoms with Gasteiger partial charge in [0.15, 0.2) is 0 Å². The quantitative estimate of drug-likeness (QED) is 0.768. The van der Waals surface area contributed by atoms with Gasteiger partial charge in [-0.25, -0.2) is 0 Å². The van der Waals surface area contributed by atoms with Crippen molar-refractivity contribution in [3.63, 3.8) is 0 Å². The topological polar surface area (TPSA) is 63.3 Å². The van der Waals surface area contributed by atoms with Crippen LogP contribution in [-0.2, 0) is 43.9 Å². The zero-order valence-corrected chi connectivity index (χ0v) is 9.94. The zero-order valence-electron chi connectivity index (χ0n) is 7.10. The van der Waals surface area contributed by atoms with E-state index < -0.39 is 12.0 Å². The van der Waals surface area contributed by atoms with E-state index in [9.17, 15) is 4.79 Å². The molecule has 0 aliphatic rings. The molecular weight excluding hydrogens is 243 g/mol. The molecule has 67 valence electrons. The van der Waals surface area contributed by atoms with Gasteiger partial charge in [-0.05, 0) is 6.42 Å². The Balaban J connectivity index is 0.00000144. The van der Waals surface area contributed by atoms with E-state index >= 15 is 0 Å². The molecule has 1 rings (SSSR count). The van der Waals surface area contributed by atoms with E-state index in [-0.39, 0.29) is 32.7 Å². The van der Waals surface area contributed by atoms with E-state index in [1.165, 1.54) is 0 Å². The van der Waals surface area contributed by atoms with Crippen molar-refractivity contribution >= 4 is 5.97 Å². The second kappa shape index (κ2) is 6.24. The van der Waals surface area contributed by atoms with Gasteiger partial charge in [0.2, 0.25) is 0 Å². The Morgan fingerprint density at radius 2 is 2.31 bits per heavy atom. The SMILES string of the molecule is NC(Cc1[c-]cccc1)C(=O)O.[Y]. The minimum atomic E-state index is -0.979. The fourth-order valence-corrected chi connectivity index (χ4v) is 0.882. The molecule has 0 amide bonds. The third kappa shape index (κ3) is 4.51. The van der Waals surface area contributed by atoms with E-state index in [2.05, 4.69) is 6.07 Å². The summed E-state index contributed by atoms with van der Waals surface area (Å²) in [4.78, 5) is 10.4. The molecule has 1 aromatic rings. The number of carboxylic acids is 1. The molecule has 0 fully saturated rings. The summed E-state index contributed by atoms with van der Waals surface area (Å²) in [6.45, 7) is 0. The van der Waals surface area contributed by atoms with Gasteiger partial charge in [0.1, 0.15) is 6.04 Å². The predicted octanol–water partition coefficient (Wildman–Crippen LogP) is 0.439. The Hall–Kier alpha value is -0.246. The number of aliphatic carboxylic acids is 1. The molecule has 1 atom stereocenters. The summed E-state index contributed by atoms with van der Waals surface area (Å²) in [6, 6.07) is 9.29. The van der Waals surface area contributed by atoms with Crippen LogP contribution in [-0.4, -0.2) is 17.1 Å². The van der Waals surface area contributed by atoms with Crippen LogP contribution >= 0.6 is 0 Å². The Morgan fingerprint density at radius 3 is 2.77 bits per heavy atom. The number of nitrogens with two attached hydrogens (primary N) is 1. The van der Waals surface area contributed by atoms with Crippen LogP contribution in [0.3, 0.4) is 0 Å². The first-order valence-corrected chi connectivity index (χ1v) is 3.64. The van der Waals surface area contributed by atoms with Crippen LogP contribution in [0.15, 0.2) is 24.3 Å². The van der Waals surface area contributed by atoms with Crippen LogP contribution in [0, 0.1) is 6.07 Å². The van der Waals surface area contributed by atoms with Gasteiger partial charge in [-0.1, -0.05) is 0 Å². The minimum absolute atomic E-state index is 0. The van der Waals surface area contributed by atoms with Crippen molar-refractivity contribution in [1.82, 2.24) is 0 Å². The number of rotatable bonds is 3. The van der Waals surface area contributed by atoms with Crippen LogP contribution < -0.4 is 5.73 Å². The standard InChI is InChI=1S/C9H10NO2.Y/c10-8(9(11)12)6-7-4-2-1-3-5-7;/h1-4,8H,6,10H2,(H,11,12);/q-1;. The summed E-state index contributed by atoms with van der Waals surface area (Å²) in [5, 5.41) is 8.50. The Labute approximate surface area is 102 Å². The summed E-state index contributed by atoms with van der Waals surface area (Å²) < 4.78 is 0. The van der Waals surface area contributed by atoms with Gasteiger partial charge in [0.25, 0.3) is 0 Å². The molecule has 3 N–H and O–H groups in total. The molecule has 3 nitrogen and oxygen atoms in total. The normalized spacial score (nSPS) is 11.5. The van der Waals surface area contributed by atoms with Crippen LogP contribution in [0.1, 0.15) is 5.56 Å². The Kier molecular flexibility index (Phi) is 6.13. The van der Waals surface area contributed by atoms with Crippen molar-refractivity contribution in [2.24, 2.45) is 5.73 Å². The summed E-state index contributed by atoms with van der Waals surface area (Å²) in [7, 11) is 0. The first-order chi connectivity index (χ1) is 5.70. The maximum Gasteiger partial charge on any atom is 0.320 e. The molecule has 1 radical (unpaired) electrons. The van der Waals surface area contributed by atoms with Crippen molar-refractivity contribution in [2.75, 3.05) is 0 Å². The third-order valence-corrected chi connectivity index (χ3v) is 1.53. The molecule has 4 heteroatoms. The molecular formula is C9H10NO2Y-. The molecule has 1 unspecified atom stereocenters. The smallest absolute Gasteiger partial charge is 0.320 e. The van der Waals surface area contributed by atoms with Crippen LogP contribution in [0.4, 0.5) is 0 Å². The largest absolute Gasteiger partial charge is 0.480 e. The number of hydrogen-bond acceptors (Lipinski definition) is 2. The summed E-state index contributed by atoms with van der Waals surface area (Å²) >= 11 is 0. The zero-order chi connectivity index (χ0) is 8.97. The Morgan fingerprint density at radius 1 is 1.62 bits per heavy atom. The summed E-state index contributed by atoms with van der Waals surface area (Å²) in [5.41, 5.74) is 6.16. The molecule has 13 heavy (non-hydrogen) atoms. The van der Waals surface area contributed by atoms with Crippen LogP contribution in [0.25, 0.3) is 0 Å². The molecule has 0 aliphatic carbocycles. The van der Waals surface area contributed by atoms with Crippen molar-refractivity contribution in [3.05, 3.63) is 35.9 Å². The van der Waals surface area contributed by atoms with Gasteiger partial charge < -0.3 is 10.8 Å². The van der Waals surface area contributed by atoms with E-state index in [1.54, 1.807) is 6.07 Å². The van der Waals surface area contributed by atoms with Gasteiger partial charge >= 0.3 is 5.97 Å². The maximum absolute atomic E-state index is 10.4. The third-order valence-electron chi connectivity index (χ3n) is 1.53. The van der Waals surface area contributed by atoms with E-state index in [0.29, 0.717) is 6.42 Å². The van der Waals surface area contributed by atoms with Crippen LogP contribution in [0.2, 0.25) is 0 Å². The molecule has 1 aromatic carbocycles. The molecule has 0 bridgehead atoms. The van der Waals surface area contributed by atoms with Gasteiger partial charge in [0.05, 0.1) is 0 Å². The van der Waals surface area contributed by atoms with Gasteiger partial charge in [0, 0.05) is 32.7 Å². The van der Waals surface area contributed by atoms with Crippen molar-refractivity contribution in [2.45, 2.75) is 12.5 Å². The molecule has 0 saturated heterocycles. The van der Waals surface area contributed by atoms with Crippen molar-refractivity contribution < 1.29 is 42.6 Å². The molecule has 0 heterocycles. The average Bonchev–Trinajstić information content (AvgIpc) is 2.06. The van der Waals surface area contributed by atoms with E-state index in [0.717, 1.165) is 5.56 Å². The molecule has 0 spiro atoms. The fraction of sp³-hybridized carbons (Fsp3) is 0.222. The number of carbonyl (C=O) groups is 1. The predicted molar refractivity (Wildman–Crippen MR) is 44.6 cm³/mol. The first-order valence-electron chi connectivity index (χ1n) is 3.64.